The van der Waals surface area contributed by atoms with Gasteiger partial charge >= 0.3 is 20.0 Å². The van der Waals surface area contributed by atoms with Gasteiger partial charge < -0.3 is 70.4 Å². The molecule has 3 rings (SSSR count). The van der Waals surface area contributed by atoms with E-state index < -0.39 is 166 Å². The van der Waals surface area contributed by atoms with Crippen LogP contribution in [0.25, 0.3) is 0 Å². The molecule has 0 radical (unpaired) electrons. The average molecular weight is 1120 g/mol. The number of hydrogen-bond acceptors (Lipinski definition) is 20. The number of cyclic esters (lactones) is 1. The van der Waals surface area contributed by atoms with Crippen LogP contribution in [0.15, 0.2) is 109 Å². The van der Waals surface area contributed by atoms with Gasteiger partial charge in [0.2, 0.25) is 0 Å². The monoisotopic (exact) mass is 1120 g/mol. The Labute approximate surface area is 453 Å². The molecule has 15 unspecified atom stereocenters. The number of aliphatic carboxylic acids is 1. The molecule has 20 atom stereocenters. The minimum atomic E-state index is -3.13. The highest BCUT2D eigenvalue weighted by Crippen LogP contribution is 2.38. The van der Waals surface area contributed by atoms with Gasteiger partial charge in [0.1, 0.15) is 23.9 Å². The van der Waals surface area contributed by atoms with E-state index >= 15 is 0 Å². The minimum absolute atomic E-state index is 0.100. The molecule has 2 aliphatic rings. The Morgan fingerprint density at radius 2 is 1.21 bits per heavy atom. The third-order valence-corrected chi connectivity index (χ3v) is 14.3. The summed E-state index contributed by atoms with van der Waals surface area (Å²) < 4.78 is 29.9. The summed E-state index contributed by atoms with van der Waals surface area (Å²) in [4.78, 5) is 59.1. The van der Waals surface area contributed by atoms with E-state index in [1.54, 1.807) is 93.7 Å². The van der Waals surface area contributed by atoms with Crippen LogP contribution in [-0.2, 0) is 33.2 Å². The molecule has 1 fully saturated rings. The molecule has 0 spiro atoms. The van der Waals surface area contributed by atoms with Crippen molar-refractivity contribution in [2.24, 2.45) is 17.8 Å². The molecule has 2 aliphatic heterocycles. The highest BCUT2D eigenvalue weighted by atomic mass is 31.1. The molecule has 24 heteroatoms. The molecular weight excluding hydrogens is 1040 g/mol. The zero-order valence-corrected chi connectivity index (χ0v) is 44.8. The van der Waals surface area contributed by atoms with Crippen LogP contribution in [0.1, 0.15) is 90.4 Å². The number of carbonyl (C=O) groups excluding carboxylic acids is 2. The molecule has 1 aromatic rings. The summed E-state index contributed by atoms with van der Waals surface area (Å²) in [5, 5.41) is 133. The van der Waals surface area contributed by atoms with Crippen LogP contribution in [0.4, 0.5) is 5.69 Å². The lowest BCUT2D eigenvalue weighted by molar-refractivity contribution is -0.384. The van der Waals surface area contributed by atoms with Gasteiger partial charge in [0, 0.05) is 48.8 Å². The van der Waals surface area contributed by atoms with E-state index in [2.05, 4.69) is 5.32 Å². The zero-order chi connectivity index (χ0) is 58.2. The van der Waals surface area contributed by atoms with Gasteiger partial charge in [0.05, 0.1) is 84.5 Å². The maximum Gasteiger partial charge on any atom is 0.529 e. The number of aliphatic hydroxyl groups is 10. The van der Waals surface area contributed by atoms with E-state index in [1.165, 1.54) is 31.2 Å². The number of aliphatic hydroxyl groups excluding tert-OH is 10. The number of rotatable bonds is 8. The summed E-state index contributed by atoms with van der Waals surface area (Å²) in [5.41, 5.74) is -0.202. The van der Waals surface area contributed by atoms with Crippen molar-refractivity contribution in [3.05, 3.63) is 125 Å². The van der Waals surface area contributed by atoms with Crippen molar-refractivity contribution in [3.8, 4) is 0 Å². The number of carboxylic acids is 1. The Hall–Kier alpha value is -5.05. The van der Waals surface area contributed by atoms with Gasteiger partial charge in [-0.15, -0.1) is 0 Å². The number of carbonyl (C=O) groups is 3. The van der Waals surface area contributed by atoms with Gasteiger partial charge in [-0.25, -0.2) is 0 Å². The topological polar surface area (TPSA) is 394 Å². The molecule has 1 saturated heterocycles. The molecule has 13 N–H and O–H groups in total. The van der Waals surface area contributed by atoms with Crippen molar-refractivity contribution in [3.63, 3.8) is 0 Å². The predicted octanol–water partition coefficient (Wildman–Crippen LogP) is 2.53. The number of ether oxygens (including phenoxy) is 3. The van der Waals surface area contributed by atoms with E-state index in [0.29, 0.717) is 0 Å². The molecule has 0 aliphatic carbocycles. The standard InChI is InChI=1S/C54H77N2O21P/c1-31-17-15-13-11-9-7-5-6-8-10-12-14-16-18-41(77-54-51(68)48(50(67)34(4)76-54)55-52(78(73)74)35-19-21-36(22-20-35)56(71)72)30-45(64)47(53(69)70)44(63)28-40(60)27-43(62)42(61)24-23-37(57)25-38(58)26-39(59)29-46(65)75-33(3)32(2)49(31)66/h5-22,31-34,37-39,41-45,47-52,54-55,57-59,61-64,66-68H,23-30H2,1-4H3,(H-,69,70,73,74)/p+1/b6-5+,9-7+,10-8+,13-11+,14-12+,17-15+,18-16+/t31?,32?,33?,34-,37?,38?,39?,41?,42?,43?,44?,45?,47?,48-,49?,50-,51+,52?,54-/m0/s1. The number of esters is 1. The van der Waals surface area contributed by atoms with Crippen LogP contribution in [0.3, 0.4) is 0 Å². The first-order valence-electron chi connectivity index (χ1n) is 25.7. The summed E-state index contributed by atoms with van der Waals surface area (Å²) in [6.07, 6.45) is -0.952. The first-order valence-corrected chi connectivity index (χ1v) is 27.0. The summed E-state index contributed by atoms with van der Waals surface area (Å²) in [6.45, 7) is 6.53. The highest BCUT2D eigenvalue weighted by molar-refractivity contribution is 7.38. The summed E-state index contributed by atoms with van der Waals surface area (Å²) in [6, 6.07) is 3.20. The Balaban J connectivity index is 1.89. The lowest BCUT2D eigenvalue weighted by Crippen LogP contribution is -2.63. The van der Waals surface area contributed by atoms with E-state index in [4.69, 9.17) is 14.2 Å². The Morgan fingerprint density at radius 3 is 1.76 bits per heavy atom. The number of hydrogen-bond donors (Lipinski definition) is 13. The summed E-state index contributed by atoms with van der Waals surface area (Å²) in [5.74, 6) is -7.76. The number of carboxylic acid groups (broad SMARTS) is 1. The molecular formula is C54H78N2O21P+. The van der Waals surface area contributed by atoms with Crippen molar-refractivity contribution >= 4 is 31.4 Å². The van der Waals surface area contributed by atoms with E-state index in [9.17, 15) is 90.1 Å². The number of benzene rings is 1. The molecule has 2 heterocycles. The lowest BCUT2D eigenvalue weighted by Gasteiger charge is -2.43. The van der Waals surface area contributed by atoms with E-state index in [1.807, 2.05) is 0 Å². The first-order chi connectivity index (χ1) is 36.8. The zero-order valence-electron chi connectivity index (χ0n) is 44.0. The number of non-ortho nitro benzene ring substituents is 1. The van der Waals surface area contributed by atoms with Crippen LogP contribution in [0.5, 0.6) is 0 Å². The number of nitro benzene ring substituents is 1. The Kier molecular flexibility index (Phi) is 29.5. The number of nitro groups is 1. The van der Waals surface area contributed by atoms with Gasteiger partial charge in [-0.2, -0.15) is 4.89 Å². The average Bonchev–Trinajstić information content (AvgIpc) is 3.36. The normalized spacial score (nSPS) is 38.1. The minimum Gasteiger partial charge on any atom is -0.481 e. The van der Waals surface area contributed by atoms with Gasteiger partial charge in [-0.3, -0.25) is 29.8 Å². The van der Waals surface area contributed by atoms with Crippen LogP contribution < -0.4 is 5.32 Å². The fourth-order valence-electron chi connectivity index (χ4n) is 8.70. The van der Waals surface area contributed by atoms with Crippen molar-refractivity contribution in [1.29, 1.82) is 0 Å². The van der Waals surface area contributed by atoms with Crippen molar-refractivity contribution in [2.75, 3.05) is 0 Å². The van der Waals surface area contributed by atoms with Crippen molar-refractivity contribution in [1.82, 2.24) is 5.32 Å². The second-order valence-electron chi connectivity index (χ2n) is 19.7. The Bertz CT molecular complexity index is 2270. The SMILES string of the molecule is CC1/C=C/C=C/C=C/C=C/C=C/C=C/C=C/C(O[C@@H]2O[C@@H](C)[C@H](O)[C@H](NC(c3ccc([N+](=O)[O-])cc3)[P+](=O)O)[C@H]2O)CC(O)C(C(=O)O)C(O)CC(=O)CC(O)C(O)CCC(O)CC(O)CC(O)CC(=O)OC(C)C(C)C1O. The largest absolute Gasteiger partial charge is 0.529 e. The van der Waals surface area contributed by atoms with Crippen LogP contribution in [0, 0.1) is 27.9 Å². The summed E-state index contributed by atoms with van der Waals surface area (Å²) >= 11 is 0. The van der Waals surface area contributed by atoms with Gasteiger partial charge in [0.25, 0.3) is 11.5 Å². The van der Waals surface area contributed by atoms with Gasteiger partial charge in [0.15, 0.2) is 6.29 Å². The van der Waals surface area contributed by atoms with Crippen molar-refractivity contribution in [2.45, 2.75) is 177 Å². The number of allylic oxidation sites excluding steroid dienone is 12. The third kappa shape index (κ3) is 23.0. The smallest absolute Gasteiger partial charge is 0.481 e. The second kappa shape index (κ2) is 34.2. The summed E-state index contributed by atoms with van der Waals surface area (Å²) in [7, 11) is -3.13. The second-order valence-corrected chi connectivity index (χ2v) is 20.9. The third-order valence-electron chi connectivity index (χ3n) is 13.4. The van der Waals surface area contributed by atoms with E-state index in [-0.39, 0.29) is 42.9 Å². The molecule has 0 amide bonds. The van der Waals surface area contributed by atoms with Crippen molar-refractivity contribution < 1.29 is 99.1 Å². The molecule has 0 aromatic heterocycles. The highest BCUT2D eigenvalue weighted by Gasteiger charge is 2.48. The molecule has 1 aromatic carbocycles. The fourth-order valence-corrected chi connectivity index (χ4v) is 9.43. The maximum absolute atomic E-state index is 13.1. The molecule has 0 saturated carbocycles. The first kappa shape index (κ1) is 67.2. The number of Topliss-reactive ketones (excluding diaryl/α,β-unsaturated/α-hetero) is 1. The predicted molar refractivity (Wildman–Crippen MR) is 283 cm³/mol. The van der Waals surface area contributed by atoms with Gasteiger partial charge in [-0.05, 0) is 56.2 Å². The van der Waals surface area contributed by atoms with Crippen LogP contribution in [0.2, 0.25) is 0 Å². The Morgan fingerprint density at radius 1 is 0.667 bits per heavy atom. The number of nitrogens with one attached hydrogen (secondary N) is 1. The number of nitrogens with zero attached hydrogens (tertiary/aromatic N) is 1. The maximum atomic E-state index is 13.1. The molecule has 78 heavy (non-hydrogen) atoms. The van der Waals surface area contributed by atoms with Gasteiger partial charge in [-0.1, -0.05) is 98.9 Å². The fraction of sp³-hybridized carbons (Fsp3) is 0.574. The molecule has 434 valence electrons. The number of ketones is 1. The van der Waals surface area contributed by atoms with Crippen LogP contribution >= 0.6 is 8.03 Å². The van der Waals surface area contributed by atoms with Crippen LogP contribution in [-0.4, -0.2) is 175 Å². The lowest BCUT2D eigenvalue weighted by atomic mass is 9.88. The quantitative estimate of drug-likeness (QED) is 0.0770. The molecule has 23 nitrogen and oxygen atoms in total. The van der Waals surface area contributed by atoms with E-state index in [0.717, 1.165) is 12.1 Å². The molecule has 0 bridgehead atoms.